The Bertz CT molecular complexity index is 1560. The van der Waals surface area contributed by atoms with Gasteiger partial charge in [0, 0.05) is 45.3 Å². The second-order valence-electron chi connectivity index (χ2n) is 13.8. The SMILES string of the molecule is O=C(NC1C2CC3CC1CC(C(=O)O)(C3)C2)N1CCN(c2ccc(N3CCN(S(=O)(=O)C4CC4)CC3)cn2)c2ccccc21. The van der Waals surface area contributed by atoms with Crippen molar-refractivity contribution in [2.24, 2.45) is 23.2 Å². The molecule has 234 valence electrons. The number of para-hydroxylation sites is 2. The molecule has 2 N–H and O–H groups in total. The van der Waals surface area contributed by atoms with Gasteiger partial charge in [-0.25, -0.2) is 18.2 Å². The van der Waals surface area contributed by atoms with Crippen LogP contribution in [-0.2, 0) is 14.8 Å². The van der Waals surface area contributed by atoms with E-state index in [0.29, 0.717) is 58.0 Å². The maximum absolute atomic E-state index is 13.8. The molecule has 6 fully saturated rings. The number of carboxylic acid groups (broad SMARTS) is 1. The number of benzene rings is 1. The topological polar surface area (TPSA) is 126 Å². The Morgan fingerprint density at radius 1 is 0.886 bits per heavy atom. The van der Waals surface area contributed by atoms with Crippen molar-refractivity contribution in [1.82, 2.24) is 14.6 Å². The Balaban J connectivity index is 0.946. The average molecular weight is 621 g/mol. The number of pyridine rings is 1. The van der Waals surface area contributed by atoms with Crippen molar-refractivity contribution in [3.8, 4) is 0 Å². The van der Waals surface area contributed by atoms with Gasteiger partial charge in [-0.2, -0.15) is 4.31 Å². The lowest BCUT2D eigenvalue weighted by Gasteiger charge is -2.58. The normalized spacial score (nSPS) is 31.6. The van der Waals surface area contributed by atoms with E-state index in [2.05, 4.69) is 15.1 Å². The van der Waals surface area contributed by atoms with Gasteiger partial charge in [0.05, 0.1) is 33.9 Å². The lowest BCUT2D eigenvalue weighted by molar-refractivity contribution is -0.166. The Morgan fingerprint density at radius 3 is 2.23 bits per heavy atom. The number of nitrogens with zero attached hydrogens (tertiary/aromatic N) is 5. The van der Waals surface area contributed by atoms with E-state index in [9.17, 15) is 23.1 Å². The monoisotopic (exact) mass is 620 g/mol. The maximum Gasteiger partial charge on any atom is 0.322 e. The number of nitrogens with one attached hydrogen (secondary N) is 1. The van der Waals surface area contributed by atoms with Gasteiger partial charge < -0.3 is 20.2 Å². The van der Waals surface area contributed by atoms with E-state index in [1.165, 1.54) is 0 Å². The van der Waals surface area contributed by atoms with Crippen LogP contribution in [0.1, 0.15) is 44.9 Å². The third-order valence-corrected chi connectivity index (χ3v) is 13.6. The molecule has 11 nitrogen and oxygen atoms in total. The number of carbonyl (C=O) groups excluding carboxylic acids is 1. The first-order valence-electron chi connectivity index (χ1n) is 16.1. The number of sulfonamides is 1. The van der Waals surface area contributed by atoms with Crippen molar-refractivity contribution in [1.29, 1.82) is 0 Å². The van der Waals surface area contributed by atoms with Gasteiger partial charge in [0.2, 0.25) is 10.0 Å². The summed E-state index contributed by atoms with van der Waals surface area (Å²) in [5, 5.41) is 13.2. The summed E-state index contributed by atoms with van der Waals surface area (Å²) in [6.07, 6.45) is 7.58. The summed E-state index contributed by atoms with van der Waals surface area (Å²) in [6.45, 7) is 3.39. The molecule has 1 aromatic carbocycles. The zero-order chi connectivity index (χ0) is 30.2. The molecule has 2 unspecified atom stereocenters. The van der Waals surface area contributed by atoms with Gasteiger partial charge in [-0.05, 0) is 87.0 Å². The number of carboxylic acids is 1. The summed E-state index contributed by atoms with van der Waals surface area (Å²) in [5.41, 5.74) is 2.14. The molecule has 2 amide bonds. The fourth-order valence-corrected chi connectivity index (χ4v) is 10.9. The Hall–Kier alpha value is -3.38. The van der Waals surface area contributed by atoms with Gasteiger partial charge >= 0.3 is 12.0 Å². The number of urea groups is 1. The van der Waals surface area contributed by atoms with E-state index >= 15 is 0 Å². The summed E-state index contributed by atoms with van der Waals surface area (Å²) in [6, 6.07) is 11.9. The molecule has 0 spiro atoms. The first-order valence-corrected chi connectivity index (χ1v) is 17.6. The lowest BCUT2D eigenvalue weighted by atomic mass is 9.48. The standard InChI is InChI=1S/C32H40N6O5S/c39-30(40)32-17-21-15-22(18-32)29(23(16-21)19-32)34-31(41)38-14-13-37(26-3-1-2-4-27(26)38)28-8-5-24(20-33-28)35-9-11-36(12-10-35)44(42,43)25-6-7-25/h1-5,8,20-23,25,29H,6-7,9-19H2,(H,34,41)(H,39,40). The molecule has 12 heteroatoms. The lowest BCUT2D eigenvalue weighted by Crippen LogP contribution is -2.62. The Kier molecular flexibility index (Phi) is 6.60. The summed E-state index contributed by atoms with van der Waals surface area (Å²) in [4.78, 5) is 36.9. The highest BCUT2D eigenvalue weighted by Crippen LogP contribution is 2.60. The molecule has 2 atom stereocenters. The van der Waals surface area contributed by atoms with Crippen molar-refractivity contribution in [3.63, 3.8) is 0 Å². The fraction of sp³-hybridized carbons (Fsp3) is 0.594. The number of amides is 2. The van der Waals surface area contributed by atoms with Crippen LogP contribution in [0.3, 0.4) is 0 Å². The highest BCUT2D eigenvalue weighted by molar-refractivity contribution is 7.90. The number of hydrogen-bond donors (Lipinski definition) is 2. The molecule has 0 radical (unpaired) electrons. The van der Waals surface area contributed by atoms with E-state index in [1.807, 2.05) is 47.5 Å². The fourth-order valence-electron chi connectivity index (χ4n) is 9.06. The van der Waals surface area contributed by atoms with Gasteiger partial charge in [0.15, 0.2) is 0 Å². The number of piperazine rings is 1. The second kappa shape index (κ2) is 10.3. The predicted molar refractivity (Wildman–Crippen MR) is 167 cm³/mol. The van der Waals surface area contributed by atoms with Crippen molar-refractivity contribution in [3.05, 3.63) is 42.6 Å². The molecule has 5 saturated carbocycles. The number of hydrogen-bond acceptors (Lipinski definition) is 7. The number of rotatable bonds is 6. The summed E-state index contributed by atoms with van der Waals surface area (Å²) in [5.74, 6) is 1.07. The van der Waals surface area contributed by atoms with Crippen LogP contribution in [0.2, 0.25) is 0 Å². The summed E-state index contributed by atoms with van der Waals surface area (Å²) in [7, 11) is -3.14. The number of aliphatic carboxylic acids is 1. The van der Waals surface area contributed by atoms with E-state index in [1.54, 1.807) is 4.31 Å². The minimum Gasteiger partial charge on any atom is -0.481 e. The number of anilines is 4. The molecule has 1 saturated heterocycles. The largest absolute Gasteiger partial charge is 0.481 e. The van der Waals surface area contributed by atoms with Crippen LogP contribution >= 0.6 is 0 Å². The van der Waals surface area contributed by atoms with E-state index in [4.69, 9.17) is 4.98 Å². The van der Waals surface area contributed by atoms with Crippen molar-refractivity contribution < 1.29 is 23.1 Å². The van der Waals surface area contributed by atoms with E-state index in [-0.39, 0.29) is 29.2 Å². The highest BCUT2D eigenvalue weighted by atomic mass is 32.2. The van der Waals surface area contributed by atoms with Gasteiger partial charge in [0.25, 0.3) is 0 Å². The first-order chi connectivity index (χ1) is 21.2. The molecule has 44 heavy (non-hydrogen) atoms. The molecule has 3 heterocycles. The minimum atomic E-state index is -3.14. The average Bonchev–Trinajstić information content (AvgIpc) is 3.89. The van der Waals surface area contributed by atoms with Crippen LogP contribution in [0.25, 0.3) is 0 Å². The van der Waals surface area contributed by atoms with Crippen molar-refractivity contribution in [2.75, 3.05) is 54.0 Å². The Morgan fingerprint density at radius 2 is 1.59 bits per heavy atom. The zero-order valence-electron chi connectivity index (χ0n) is 24.8. The third kappa shape index (κ3) is 4.63. The summed E-state index contributed by atoms with van der Waals surface area (Å²) < 4.78 is 26.9. The Labute approximate surface area is 258 Å². The molecular formula is C32H40N6O5S. The van der Waals surface area contributed by atoms with Gasteiger partial charge in [-0.1, -0.05) is 12.1 Å². The molecule has 2 aromatic rings. The van der Waals surface area contributed by atoms with Gasteiger partial charge in [-0.15, -0.1) is 0 Å². The van der Waals surface area contributed by atoms with Crippen LogP contribution in [0.5, 0.6) is 0 Å². The van der Waals surface area contributed by atoms with Crippen LogP contribution in [-0.4, -0.2) is 85.4 Å². The molecule has 7 aliphatic rings. The maximum atomic E-state index is 13.8. The molecular weight excluding hydrogens is 580 g/mol. The van der Waals surface area contributed by atoms with Crippen molar-refractivity contribution in [2.45, 2.75) is 56.2 Å². The molecule has 2 aliphatic heterocycles. The van der Waals surface area contributed by atoms with Gasteiger partial charge in [-0.3, -0.25) is 9.69 Å². The smallest absolute Gasteiger partial charge is 0.322 e. The third-order valence-electron chi connectivity index (χ3n) is 11.2. The first kappa shape index (κ1) is 28.1. The van der Waals surface area contributed by atoms with Crippen LogP contribution in [0, 0.1) is 23.2 Å². The molecule has 5 aliphatic carbocycles. The number of fused-ring (bicyclic) bond motifs is 1. The predicted octanol–water partition coefficient (Wildman–Crippen LogP) is 3.64. The van der Waals surface area contributed by atoms with Crippen LogP contribution < -0.4 is 20.0 Å². The van der Waals surface area contributed by atoms with Gasteiger partial charge in [0.1, 0.15) is 5.82 Å². The minimum absolute atomic E-state index is 0.0293. The second-order valence-corrected chi connectivity index (χ2v) is 16.0. The van der Waals surface area contributed by atoms with Crippen molar-refractivity contribution >= 4 is 44.9 Å². The quantitative estimate of drug-likeness (QED) is 0.502. The summed E-state index contributed by atoms with van der Waals surface area (Å²) >= 11 is 0. The number of aromatic nitrogens is 1. The van der Waals surface area contributed by atoms with Crippen LogP contribution in [0.15, 0.2) is 42.6 Å². The highest BCUT2D eigenvalue weighted by Gasteiger charge is 2.59. The zero-order valence-corrected chi connectivity index (χ0v) is 25.7. The molecule has 4 bridgehead atoms. The van der Waals surface area contributed by atoms with Crippen LogP contribution in [0.4, 0.5) is 27.7 Å². The van der Waals surface area contributed by atoms with E-state index in [0.717, 1.165) is 55.0 Å². The molecule has 9 rings (SSSR count). The number of carbonyl (C=O) groups is 2. The molecule has 1 aromatic heterocycles. The van der Waals surface area contributed by atoms with E-state index < -0.39 is 21.4 Å².